The number of rotatable bonds is 4. The van der Waals surface area contributed by atoms with Gasteiger partial charge in [0.1, 0.15) is 0 Å². The van der Waals surface area contributed by atoms with Crippen molar-refractivity contribution in [3.63, 3.8) is 0 Å². The summed E-state index contributed by atoms with van der Waals surface area (Å²) in [6.45, 7) is 5.27. The lowest BCUT2D eigenvalue weighted by Gasteiger charge is -2.15. The minimum atomic E-state index is -0.276. The Labute approximate surface area is 147 Å². The number of carbonyl (C=O) groups is 1. The second-order valence-electron chi connectivity index (χ2n) is 6.22. The maximum atomic E-state index is 12.1. The molecule has 3 rings (SSSR count). The molecule has 2 amide bonds. The average molecular weight is 344 g/mol. The molecule has 0 aliphatic carbocycles. The van der Waals surface area contributed by atoms with Gasteiger partial charge in [0, 0.05) is 22.9 Å². The number of hydrogen-bond donors (Lipinski definition) is 2. The van der Waals surface area contributed by atoms with Crippen LogP contribution < -0.4 is 10.6 Å². The van der Waals surface area contributed by atoms with E-state index >= 15 is 0 Å². The summed E-state index contributed by atoms with van der Waals surface area (Å²) in [6.07, 6.45) is 2.59. The molecule has 5 heteroatoms. The van der Waals surface area contributed by atoms with Gasteiger partial charge in [-0.15, -0.1) is 0 Å². The SMILES string of the molecule is Cc1ccc(NC(=O)Nc2ccc(CN3CCCC3)cc2)cc1Cl. The van der Waals surface area contributed by atoms with Gasteiger partial charge in [-0.2, -0.15) is 0 Å². The zero-order chi connectivity index (χ0) is 16.9. The van der Waals surface area contributed by atoms with Crippen molar-refractivity contribution in [1.29, 1.82) is 0 Å². The lowest BCUT2D eigenvalue weighted by atomic mass is 10.2. The molecule has 2 aromatic carbocycles. The molecule has 0 saturated carbocycles. The van der Waals surface area contributed by atoms with Crippen molar-refractivity contribution in [2.45, 2.75) is 26.3 Å². The van der Waals surface area contributed by atoms with Gasteiger partial charge in [0.05, 0.1) is 0 Å². The Hall–Kier alpha value is -2.04. The summed E-state index contributed by atoms with van der Waals surface area (Å²) in [6, 6.07) is 13.2. The standard InChI is InChI=1S/C19H22ClN3O/c1-14-4-7-17(12-18(14)20)22-19(24)21-16-8-5-15(6-9-16)13-23-10-2-3-11-23/h4-9,12H,2-3,10-11,13H2,1H3,(H2,21,22,24). The summed E-state index contributed by atoms with van der Waals surface area (Å²) in [7, 11) is 0. The Bertz CT molecular complexity index is 709. The molecule has 0 atom stereocenters. The summed E-state index contributed by atoms with van der Waals surface area (Å²) in [5, 5.41) is 6.27. The van der Waals surface area contributed by atoms with E-state index in [1.165, 1.54) is 31.5 Å². The molecule has 1 fully saturated rings. The molecule has 2 N–H and O–H groups in total. The number of nitrogens with one attached hydrogen (secondary N) is 2. The predicted octanol–water partition coefficient (Wildman–Crippen LogP) is 4.89. The minimum Gasteiger partial charge on any atom is -0.308 e. The number of amides is 2. The Kier molecular flexibility index (Phi) is 5.38. The molecule has 0 aromatic heterocycles. The van der Waals surface area contributed by atoms with Crippen molar-refractivity contribution in [1.82, 2.24) is 4.90 Å². The molecule has 0 bridgehead atoms. The molecule has 1 aliphatic heterocycles. The molecular formula is C19H22ClN3O. The highest BCUT2D eigenvalue weighted by atomic mass is 35.5. The number of anilines is 2. The average Bonchev–Trinajstić information content (AvgIpc) is 3.06. The number of halogens is 1. The summed E-state index contributed by atoms with van der Waals surface area (Å²) >= 11 is 6.07. The van der Waals surface area contributed by atoms with Gasteiger partial charge >= 0.3 is 6.03 Å². The van der Waals surface area contributed by atoms with Crippen LogP contribution in [0.4, 0.5) is 16.2 Å². The lowest BCUT2D eigenvalue weighted by molar-refractivity contribution is 0.262. The van der Waals surface area contributed by atoms with Crippen LogP contribution in [0.15, 0.2) is 42.5 Å². The maximum Gasteiger partial charge on any atom is 0.323 e. The Morgan fingerprint density at radius 3 is 2.33 bits per heavy atom. The number of urea groups is 1. The van der Waals surface area contributed by atoms with Crippen LogP contribution in [0.2, 0.25) is 5.02 Å². The third-order valence-electron chi connectivity index (χ3n) is 4.25. The Balaban J connectivity index is 1.54. The molecule has 4 nitrogen and oxygen atoms in total. The summed E-state index contributed by atoms with van der Waals surface area (Å²) in [5.41, 5.74) is 3.70. The first-order valence-electron chi connectivity index (χ1n) is 8.25. The zero-order valence-corrected chi connectivity index (χ0v) is 14.6. The first-order chi connectivity index (χ1) is 11.6. The first kappa shape index (κ1) is 16.8. The normalized spacial score (nSPS) is 14.6. The fraction of sp³-hybridized carbons (Fsp3) is 0.316. The van der Waals surface area contributed by atoms with Gasteiger partial charge in [-0.25, -0.2) is 4.79 Å². The van der Waals surface area contributed by atoms with E-state index in [1.54, 1.807) is 6.07 Å². The summed E-state index contributed by atoms with van der Waals surface area (Å²) < 4.78 is 0. The molecule has 24 heavy (non-hydrogen) atoms. The van der Waals surface area contributed by atoms with E-state index in [2.05, 4.69) is 27.7 Å². The lowest BCUT2D eigenvalue weighted by Crippen LogP contribution is -2.20. The summed E-state index contributed by atoms with van der Waals surface area (Å²) in [5.74, 6) is 0. The zero-order valence-electron chi connectivity index (χ0n) is 13.8. The second-order valence-corrected chi connectivity index (χ2v) is 6.63. The van der Waals surface area contributed by atoms with Crippen LogP contribution in [0.5, 0.6) is 0 Å². The molecule has 1 aliphatic rings. The van der Waals surface area contributed by atoms with Crippen LogP contribution in [0.1, 0.15) is 24.0 Å². The van der Waals surface area contributed by atoms with Crippen molar-refractivity contribution in [2.24, 2.45) is 0 Å². The van der Waals surface area contributed by atoms with Crippen molar-refractivity contribution < 1.29 is 4.79 Å². The fourth-order valence-corrected chi connectivity index (χ4v) is 3.04. The van der Waals surface area contributed by atoms with Crippen LogP contribution in [-0.4, -0.2) is 24.0 Å². The van der Waals surface area contributed by atoms with Gasteiger partial charge in [-0.1, -0.05) is 29.8 Å². The molecule has 1 saturated heterocycles. The molecular weight excluding hydrogens is 322 g/mol. The van der Waals surface area contributed by atoms with Crippen molar-refractivity contribution in [3.8, 4) is 0 Å². The number of benzene rings is 2. The van der Waals surface area contributed by atoms with Crippen LogP contribution in [0.3, 0.4) is 0 Å². The van der Waals surface area contributed by atoms with E-state index in [-0.39, 0.29) is 6.03 Å². The molecule has 0 radical (unpaired) electrons. The van der Waals surface area contributed by atoms with Crippen LogP contribution >= 0.6 is 11.6 Å². The second kappa shape index (κ2) is 7.69. The Morgan fingerprint density at radius 1 is 1.04 bits per heavy atom. The van der Waals surface area contributed by atoms with Crippen LogP contribution in [0.25, 0.3) is 0 Å². The van der Waals surface area contributed by atoms with Crippen LogP contribution in [-0.2, 0) is 6.54 Å². The summed E-state index contributed by atoms with van der Waals surface area (Å²) in [4.78, 5) is 14.5. The van der Waals surface area contributed by atoms with Gasteiger partial charge in [0.15, 0.2) is 0 Å². The molecule has 126 valence electrons. The number of likely N-dealkylation sites (tertiary alicyclic amines) is 1. The third kappa shape index (κ3) is 4.49. The predicted molar refractivity (Wildman–Crippen MR) is 99.8 cm³/mol. The molecule has 0 unspecified atom stereocenters. The largest absolute Gasteiger partial charge is 0.323 e. The molecule has 1 heterocycles. The van der Waals surface area contributed by atoms with E-state index in [0.29, 0.717) is 10.7 Å². The van der Waals surface area contributed by atoms with Crippen molar-refractivity contribution in [2.75, 3.05) is 23.7 Å². The highest BCUT2D eigenvalue weighted by Crippen LogP contribution is 2.20. The van der Waals surface area contributed by atoms with E-state index in [1.807, 2.05) is 31.2 Å². The Morgan fingerprint density at radius 2 is 1.67 bits per heavy atom. The number of carbonyl (C=O) groups excluding carboxylic acids is 1. The highest BCUT2D eigenvalue weighted by Gasteiger charge is 2.11. The first-order valence-corrected chi connectivity index (χ1v) is 8.63. The van der Waals surface area contributed by atoms with E-state index in [9.17, 15) is 4.79 Å². The maximum absolute atomic E-state index is 12.1. The van der Waals surface area contributed by atoms with Gasteiger partial charge in [0.25, 0.3) is 0 Å². The highest BCUT2D eigenvalue weighted by molar-refractivity contribution is 6.31. The van der Waals surface area contributed by atoms with E-state index < -0.39 is 0 Å². The number of hydrogen-bond acceptors (Lipinski definition) is 2. The van der Waals surface area contributed by atoms with Gasteiger partial charge in [0.2, 0.25) is 0 Å². The molecule has 2 aromatic rings. The van der Waals surface area contributed by atoms with Gasteiger partial charge < -0.3 is 10.6 Å². The fourth-order valence-electron chi connectivity index (χ4n) is 2.86. The smallest absolute Gasteiger partial charge is 0.308 e. The molecule has 0 spiro atoms. The van der Waals surface area contributed by atoms with E-state index in [4.69, 9.17) is 11.6 Å². The monoisotopic (exact) mass is 343 g/mol. The number of nitrogens with zero attached hydrogens (tertiary/aromatic N) is 1. The topological polar surface area (TPSA) is 44.4 Å². The van der Waals surface area contributed by atoms with Crippen molar-refractivity contribution in [3.05, 3.63) is 58.6 Å². The van der Waals surface area contributed by atoms with Gasteiger partial charge in [-0.3, -0.25) is 4.90 Å². The quantitative estimate of drug-likeness (QED) is 0.830. The van der Waals surface area contributed by atoms with Crippen molar-refractivity contribution >= 4 is 29.0 Å². The minimum absolute atomic E-state index is 0.276. The third-order valence-corrected chi connectivity index (χ3v) is 4.65. The van der Waals surface area contributed by atoms with Gasteiger partial charge in [-0.05, 0) is 68.2 Å². The number of aryl methyl sites for hydroxylation is 1. The van der Waals surface area contributed by atoms with E-state index in [0.717, 1.165) is 17.8 Å². The van der Waals surface area contributed by atoms with Crippen LogP contribution in [0, 0.1) is 6.92 Å².